The van der Waals surface area contributed by atoms with Gasteiger partial charge in [0.25, 0.3) is 0 Å². The number of rotatable bonds is 22. The third kappa shape index (κ3) is 14.6. The van der Waals surface area contributed by atoms with E-state index < -0.39 is 102 Å². The van der Waals surface area contributed by atoms with Crippen molar-refractivity contribution in [2.45, 2.75) is 117 Å². The van der Waals surface area contributed by atoms with Gasteiger partial charge in [0.05, 0.1) is 18.5 Å². The van der Waals surface area contributed by atoms with Gasteiger partial charge in [0.1, 0.15) is 24.2 Å². The lowest BCUT2D eigenvalue weighted by atomic mass is 9.97. The van der Waals surface area contributed by atoms with E-state index in [4.69, 9.17) is 10.8 Å². The normalized spacial score (nSPS) is 14.9. The number of Topliss-reactive ketones (excluding diaryl/α,β-unsaturated/α-hetero) is 1. The van der Waals surface area contributed by atoms with Crippen LogP contribution in [0.25, 0.3) is 0 Å². The molecule has 50 heavy (non-hydrogen) atoms. The minimum Gasteiger partial charge on any atom is -0.481 e. The second-order valence-corrected chi connectivity index (χ2v) is 13.9. The summed E-state index contributed by atoms with van der Waals surface area (Å²) in [6, 6.07) is -7.38. The number of hydrogen-bond acceptors (Lipinski definition) is 11. The molecule has 0 unspecified atom stereocenters. The van der Waals surface area contributed by atoms with E-state index in [9.17, 15) is 43.5 Å². The number of nitrogens with two attached hydrogens (primary N) is 1. The first-order valence-corrected chi connectivity index (χ1v) is 17.3. The zero-order valence-electron chi connectivity index (χ0n) is 29.5. The molecule has 0 saturated heterocycles. The standard InChI is InChI=1S/C32H51N7O10S/c1-8-19(26(44)32-34-11-12-50-32)35-28(46)20(13-15(2)3)37-30(48)24(16(4)5)39-31(49)25(17(6)7)38-29(47)21(14-23(42)43)36-27(45)18(33)9-10-22(40)41/h11-12,15-21,24-25H,8-10,13-14,33H2,1-7H3,(H,35,46)(H,36,45)(H,37,48)(H,38,47)(H,39,49)(H,40,41)(H,42,43)/t18-,19-,20-,21-,24-,25-/m0/s1. The van der Waals surface area contributed by atoms with Crippen molar-refractivity contribution in [1.29, 1.82) is 0 Å². The number of carboxylic acid groups (broad SMARTS) is 2. The maximum atomic E-state index is 13.6. The molecule has 0 aromatic carbocycles. The van der Waals surface area contributed by atoms with Crippen molar-refractivity contribution in [3.05, 3.63) is 16.6 Å². The first-order chi connectivity index (χ1) is 23.3. The second kappa shape index (κ2) is 20.9. The summed E-state index contributed by atoms with van der Waals surface area (Å²) in [7, 11) is 0. The number of nitrogens with zero attached hydrogens (tertiary/aromatic N) is 1. The monoisotopic (exact) mass is 725 g/mol. The second-order valence-electron chi connectivity index (χ2n) is 13.0. The van der Waals surface area contributed by atoms with Crippen molar-refractivity contribution < 1.29 is 48.6 Å². The fourth-order valence-electron chi connectivity index (χ4n) is 4.72. The zero-order valence-corrected chi connectivity index (χ0v) is 30.3. The van der Waals surface area contributed by atoms with E-state index in [2.05, 4.69) is 31.6 Å². The number of ketones is 1. The number of amides is 5. The Hall–Kier alpha value is -4.45. The molecule has 0 aliphatic heterocycles. The Morgan fingerprint density at radius 1 is 0.720 bits per heavy atom. The molecule has 5 amide bonds. The number of carbonyl (C=O) groups is 8. The molecule has 17 nitrogen and oxygen atoms in total. The van der Waals surface area contributed by atoms with Crippen LogP contribution in [0, 0.1) is 17.8 Å². The Morgan fingerprint density at radius 3 is 1.68 bits per heavy atom. The minimum absolute atomic E-state index is 0.0422. The molecule has 280 valence electrons. The highest BCUT2D eigenvalue weighted by atomic mass is 32.1. The Morgan fingerprint density at radius 2 is 1.22 bits per heavy atom. The molecule has 1 aromatic heterocycles. The summed E-state index contributed by atoms with van der Waals surface area (Å²) < 4.78 is 0. The third-order valence-electron chi connectivity index (χ3n) is 7.54. The van der Waals surface area contributed by atoms with E-state index in [1.807, 2.05) is 13.8 Å². The molecule has 0 aliphatic carbocycles. The van der Waals surface area contributed by atoms with Crippen molar-refractivity contribution in [1.82, 2.24) is 31.6 Å². The number of carbonyl (C=O) groups excluding carboxylic acids is 6. The van der Waals surface area contributed by atoms with Crippen LogP contribution in [-0.4, -0.2) is 98.7 Å². The molecule has 0 radical (unpaired) electrons. The Kier molecular flexibility index (Phi) is 18.2. The zero-order chi connectivity index (χ0) is 38.3. The molecule has 0 aliphatic rings. The molecule has 6 atom stereocenters. The van der Waals surface area contributed by atoms with Crippen LogP contribution in [0.1, 0.15) is 90.4 Å². The summed E-state index contributed by atoms with van der Waals surface area (Å²) in [6.45, 7) is 12.0. The van der Waals surface area contributed by atoms with Gasteiger partial charge in [0.2, 0.25) is 35.3 Å². The summed E-state index contributed by atoms with van der Waals surface area (Å²) in [5.41, 5.74) is 5.70. The van der Waals surface area contributed by atoms with Crippen molar-refractivity contribution in [3.63, 3.8) is 0 Å². The third-order valence-corrected chi connectivity index (χ3v) is 8.32. The predicted molar refractivity (Wildman–Crippen MR) is 183 cm³/mol. The van der Waals surface area contributed by atoms with Crippen LogP contribution >= 0.6 is 11.3 Å². The lowest BCUT2D eigenvalue weighted by Crippen LogP contribution is -2.61. The summed E-state index contributed by atoms with van der Waals surface area (Å²) in [4.78, 5) is 105. The molecule has 0 bridgehead atoms. The molecular formula is C32H51N7O10S. The van der Waals surface area contributed by atoms with Gasteiger partial charge >= 0.3 is 11.9 Å². The molecule has 1 rings (SSSR count). The quantitative estimate of drug-likeness (QED) is 0.0744. The van der Waals surface area contributed by atoms with Gasteiger partial charge in [-0.05, 0) is 37.0 Å². The number of nitrogens with one attached hydrogen (secondary N) is 5. The molecule has 0 fully saturated rings. The Bertz CT molecular complexity index is 1350. The van der Waals surface area contributed by atoms with Crippen LogP contribution in [0.4, 0.5) is 0 Å². The van der Waals surface area contributed by atoms with Gasteiger partial charge in [-0.15, -0.1) is 11.3 Å². The Balaban J connectivity index is 3.13. The van der Waals surface area contributed by atoms with E-state index in [1.165, 1.54) is 6.20 Å². The van der Waals surface area contributed by atoms with Gasteiger partial charge in [-0.25, -0.2) is 4.98 Å². The molecule has 18 heteroatoms. The van der Waals surface area contributed by atoms with Gasteiger partial charge in [0.15, 0.2) is 5.01 Å². The molecule has 9 N–H and O–H groups in total. The van der Waals surface area contributed by atoms with Gasteiger partial charge in [0, 0.05) is 18.0 Å². The van der Waals surface area contributed by atoms with Crippen molar-refractivity contribution in [2.24, 2.45) is 23.5 Å². The van der Waals surface area contributed by atoms with E-state index in [0.29, 0.717) is 0 Å². The first-order valence-electron chi connectivity index (χ1n) is 16.4. The molecule has 0 spiro atoms. The average molecular weight is 726 g/mol. The van der Waals surface area contributed by atoms with Crippen LogP contribution in [0.5, 0.6) is 0 Å². The average Bonchev–Trinajstić information content (AvgIpc) is 3.56. The van der Waals surface area contributed by atoms with Crippen LogP contribution < -0.4 is 32.3 Å². The maximum absolute atomic E-state index is 13.6. The van der Waals surface area contributed by atoms with Crippen molar-refractivity contribution >= 4 is 58.6 Å². The maximum Gasteiger partial charge on any atom is 0.305 e. The molecule has 0 saturated carbocycles. The predicted octanol–water partition coefficient (Wildman–Crippen LogP) is 0.185. The van der Waals surface area contributed by atoms with E-state index in [1.54, 1.807) is 40.0 Å². The fourth-order valence-corrected chi connectivity index (χ4v) is 5.35. The van der Waals surface area contributed by atoms with Crippen molar-refractivity contribution in [2.75, 3.05) is 0 Å². The van der Waals surface area contributed by atoms with E-state index >= 15 is 0 Å². The smallest absolute Gasteiger partial charge is 0.305 e. The van der Waals surface area contributed by atoms with Gasteiger partial charge in [-0.1, -0.05) is 48.5 Å². The number of aliphatic carboxylic acids is 2. The Labute approximate surface area is 295 Å². The fraction of sp³-hybridized carbons (Fsp3) is 0.656. The summed E-state index contributed by atoms with van der Waals surface area (Å²) in [5.74, 6) is -8.13. The van der Waals surface area contributed by atoms with Gasteiger partial charge in [-0.3, -0.25) is 38.4 Å². The van der Waals surface area contributed by atoms with Gasteiger partial charge in [-0.2, -0.15) is 0 Å². The number of carboxylic acids is 2. The lowest BCUT2D eigenvalue weighted by molar-refractivity contribution is -0.141. The highest BCUT2D eigenvalue weighted by molar-refractivity contribution is 7.11. The summed E-state index contributed by atoms with van der Waals surface area (Å²) in [6.07, 6.45) is 0.439. The first kappa shape index (κ1) is 43.6. The van der Waals surface area contributed by atoms with Crippen LogP contribution in [0.2, 0.25) is 0 Å². The highest BCUT2D eigenvalue weighted by Gasteiger charge is 2.35. The molecule has 1 heterocycles. The van der Waals surface area contributed by atoms with Crippen molar-refractivity contribution in [3.8, 4) is 0 Å². The van der Waals surface area contributed by atoms with Crippen LogP contribution in [0.15, 0.2) is 11.6 Å². The highest BCUT2D eigenvalue weighted by Crippen LogP contribution is 2.13. The minimum atomic E-state index is -1.65. The summed E-state index contributed by atoms with van der Waals surface area (Å²) >= 11 is 1.15. The molecule has 1 aromatic rings. The van der Waals surface area contributed by atoms with Crippen LogP contribution in [0.3, 0.4) is 0 Å². The van der Waals surface area contributed by atoms with E-state index in [-0.39, 0.29) is 36.0 Å². The van der Waals surface area contributed by atoms with Crippen LogP contribution in [-0.2, 0) is 33.6 Å². The number of aromatic nitrogens is 1. The van der Waals surface area contributed by atoms with E-state index in [0.717, 1.165) is 11.3 Å². The number of hydrogen-bond donors (Lipinski definition) is 8. The summed E-state index contributed by atoms with van der Waals surface area (Å²) in [5, 5.41) is 32.7. The number of thiazole rings is 1. The largest absolute Gasteiger partial charge is 0.481 e. The van der Waals surface area contributed by atoms with Gasteiger partial charge < -0.3 is 42.5 Å². The topological polar surface area (TPSA) is 276 Å². The molecular weight excluding hydrogens is 674 g/mol. The lowest BCUT2D eigenvalue weighted by Gasteiger charge is -2.30. The SMILES string of the molecule is CC[C@H](NC(=O)[C@H](CC(C)C)NC(=O)[C@@H](NC(=O)[C@@H](NC(=O)[C@H](CC(=O)O)NC(=O)[C@@H](N)CCC(=O)O)C(C)C)C(C)C)C(=O)c1nccs1.